The van der Waals surface area contributed by atoms with Gasteiger partial charge in [-0.15, -0.1) is 13.2 Å². The van der Waals surface area contributed by atoms with Crippen molar-refractivity contribution >= 4 is 0 Å². The van der Waals surface area contributed by atoms with Crippen LogP contribution in [0.4, 0.5) is 0 Å². The Morgan fingerprint density at radius 2 is 1.24 bits per heavy atom. The van der Waals surface area contributed by atoms with E-state index in [2.05, 4.69) is 107 Å². The lowest BCUT2D eigenvalue weighted by Gasteiger charge is -2.46. The molecule has 2 rings (SSSR count). The van der Waals surface area contributed by atoms with Gasteiger partial charge in [-0.2, -0.15) is 5.06 Å². The highest BCUT2D eigenvalue weighted by Gasteiger charge is 2.37. The SMILES string of the molecule is C=CCCCCCCCCCC(ON(C(c1ccccc1)C(C)C)C(C)(C)CCC=C)c1ccccc1. The summed E-state index contributed by atoms with van der Waals surface area (Å²) in [5.74, 6) is 0.405. The maximum atomic E-state index is 7.14. The Kier molecular flexibility index (Phi) is 14.6. The molecule has 0 saturated heterocycles. The fourth-order valence-electron chi connectivity index (χ4n) is 5.18. The summed E-state index contributed by atoms with van der Waals surface area (Å²) in [5, 5.41) is 2.34. The Morgan fingerprint density at radius 1 is 0.730 bits per heavy atom. The average Bonchev–Trinajstić information content (AvgIpc) is 2.90. The topological polar surface area (TPSA) is 12.5 Å². The van der Waals surface area contributed by atoms with Gasteiger partial charge in [-0.3, -0.25) is 4.84 Å². The second-order valence-corrected chi connectivity index (χ2v) is 11.4. The lowest BCUT2D eigenvalue weighted by atomic mass is 9.89. The van der Waals surface area contributed by atoms with E-state index in [1.165, 1.54) is 56.1 Å². The molecule has 0 aliphatic heterocycles. The number of unbranched alkanes of at least 4 members (excludes halogenated alkanes) is 7. The molecule has 0 heterocycles. The second-order valence-electron chi connectivity index (χ2n) is 11.4. The Hall–Kier alpha value is -2.16. The first-order valence-corrected chi connectivity index (χ1v) is 14.7. The van der Waals surface area contributed by atoms with Crippen molar-refractivity contribution < 1.29 is 4.84 Å². The molecule has 0 aromatic heterocycles. The molecule has 0 spiro atoms. The van der Waals surface area contributed by atoms with Crippen molar-refractivity contribution in [2.24, 2.45) is 5.92 Å². The molecular formula is C35H53NO. The van der Waals surface area contributed by atoms with E-state index >= 15 is 0 Å². The first kappa shape index (κ1) is 31.1. The van der Waals surface area contributed by atoms with Crippen molar-refractivity contribution in [3.63, 3.8) is 0 Å². The van der Waals surface area contributed by atoms with E-state index in [1.54, 1.807) is 0 Å². The highest BCUT2D eigenvalue weighted by molar-refractivity contribution is 5.21. The molecule has 2 aromatic rings. The zero-order valence-electron chi connectivity index (χ0n) is 24.2. The molecule has 2 aromatic carbocycles. The van der Waals surface area contributed by atoms with Crippen LogP contribution in [-0.2, 0) is 4.84 Å². The first-order valence-electron chi connectivity index (χ1n) is 14.7. The van der Waals surface area contributed by atoms with Crippen molar-refractivity contribution in [3.8, 4) is 0 Å². The standard InChI is InChI=1S/C35H53NO/c1-7-9-11-12-13-14-15-16-23-28-33(31-24-19-17-20-25-31)37-36(35(5,6)29-10-8-2)34(30(3)4)32-26-21-18-22-27-32/h7-8,17-22,24-27,30,33-34H,1-2,9-16,23,28-29H2,3-6H3. The first-order chi connectivity index (χ1) is 17.9. The predicted molar refractivity (Wildman–Crippen MR) is 161 cm³/mol. The van der Waals surface area contributed by atoms with E-state index in [1.807, 2.05) is 12.2 Å². The number of rotatable bonds is 20. The van der Waals surface area contributed by atoms with Crippen LogP contribution in [0.3, 0.4) is 0 Å². The maximum Gasteiger partial charge on any atom is 0.104 e. The summed E-state index contributed by atoms with van der Waals surface area (Å²) >= 11 is 0. The Labute approximate surface area is 228 Å². The molecule has 2 unspecified atom stereocenters. The lowest BCUT2D eigenvalue weighted by Crippen LogP contribution is -2.48. The van der Waals surface area contributed by atoms with Gasteiger partial charge in [-0.1, -0.05) is 125 Å². The second kappa shape index (κ2) is 17.4. The van der Waals surface area contributed by atoms with Crippen LogP contribution in [0.2, 0.25) is 0 Å². The van der Waals surface area contributed by atoms with Gasteiger partial charge in [0.2, 0.25) is 0 Å². The average molecular weight is 504 g/mol. The van der Waals surface area contributed by atoms with Gasteiger partial charge in [-0.05, 0) is 63.0 Å². The number of hydroxylamine groups is 2. The quantitative estimate of drug-likeness (QED) is 0.101. The maximum absolute atomic E-state index is 7.14. The van der Waals surface area contributed by atoms with Gasteiger partial charge in [0.15, 0.2) is 0 Å². The zero-order chi connectivity index (χ0) is 26.9. The van der Waals surface area contributed by atoms with E-state index in [0.29, 0.717) is 5.92 Å². The number of allylic oxidation sites excluding steroid dienone is 2. The zero-order valence-corrected chi connectivity index (χ0v) is 24.2. The molecular weight excluding hydrogens is 450 g/mol. The Bertz CT molecular complexity index is 857. The molecule has 0 amide bonds. The van der Waals surface area contributed by atoms with E-state index < -0.39 is 0 Å². The fourth-order valence-corrected chi connectivity index (χ4v) is 5.18. The Morgan fingerprint density at radius 3 is 1.78 bits per heavy atom. The lowest BCUT2D eigenvalue weighted by molar-refractivity contribution is -0.282. The molecule has 0 radical (unpaired) electrons. The van der Waals surface area contributed by atoms with Gasteiger partial charge in [0.25, 0.3) is 0 Å². The summed E-state index contributed by atoms with van der Waals surface area (Å²) < 4.78 is 0. The highest BCUT2D eigenvalue weighted by Crippen LogP contribution is 2.40. The van der Waals surface area contributed by atoms with E-state index in [-0.39, 0.29) is 17.7 Å². The third-order valence-corrected chi connectivity index (χ3v) is 7.37. The smallest absolute Gasteiger partial charge is 0.104 e. The summed E-state index contributed by atoms with van der Waals surface area (Å²) in [6.07, 6.45) is 17.3. The monoisotopic (exact) mass is 503 g/mol. The summed E-state index contributed by atoms with van der Waals surface area (Å²) in [5.41, 5.74) is 2.44. The molecule has 0 saturated carbocycles. The third kappa shape index (κ3) is 11.0. The molecule has 0 aliphatic carbocycles. The normalized spacial score (nSPS) is 13.6. The molecule has 0 fully saturated rings. The highest BCUT2D eigenvalue weighted by atomic mass is 16.7. The van der Waals surface area contributed by atoms with Crippen molar-refractivity contribution in [1.29, 1.82) is 0 Å². The summed E-state index contributed by atoms with van der Waals surface area (Å²) in [6.45, 7) is 17.1. The van der Waals surface area contributed by atoms with Crippen molar-refractivity contribution in [1.82, 2.24) is 5.06 Å². The minimum absolute atomic E-state index is 0.0433. The number of hydrogen-bond acceptors (Lipinski definition) is 2. The van der Waals surface area contributed by atoms with Crippen LogP contribution in [0.5, 0.6) is 0 Å². The molecule has 0 bridgehead atoms. The number of benzene rings is 2. The van der Waals surface area contributed by atoms with Crippen LogP contribution in [0, 0.1) is 5.92 Å². The van der Waals surface area contributed by atoms with E-state index in [0.717, 1.165) is 25.7 Å². The molecule has 204 valence electrons. The van der Waals surface area contributed by atoms with Gasteiger partial charge < -0.3 is 0 Å². The van der Waals surface area contributed by atoms with Crippen molar-refractivity contribution in [2.45, 2.75) is 116 Å². The molecule has 0 N–H and O–H groups in total. The van der Waals surface area contributed by atoms with Gasteiger partial charge in [-0.25, -0.2) is 0 Å². The molecule has 37 heavy (non-hydrogen) atoms. The van der Waals surface area contributed by atoms with Crippen LogP contribution in [0.15, 0.2) is 86.0 Å². The molecule has 2 heteroatoms. The summed E-state index contributed by atoms with van der Waals surface area (Å²) in [4.78, 5) is 7.14. The largest absolute Gasteiger partial charge is 0.290 e. The third-order valence-electron chi connectivity index (χ3n) is 7.37. The van der Waals surface area contributed by atoms with Crippen molar-refractivity contribution in [2.75, 3.05) is 0 Å². The van der Waals surface area contributed by atoms with Crippen LogP contribution in [0.25, 0.3) is 0 Å². The van der Waals surface area contributed by atoms with Crippen LogP contribution >= 0.6 is 0 Å². The van der Waals surface area contributed by atoms with Gasteiger partial charge >= 0.3 is 0 Å². The Balaban J connectivity index is 2.20. The minimum Gasteiger partial charge on any atom is -0.290 e. The van der Waals surface area contributed by atoms with Gasteiger partial charge in [0.1, 0.15) is 6.10 Å². The van der Waals surface area contributed by atoms with Crippen LogP contribution in [-0.4, -0.2) is 10.6 Å². The molecule has 2 nitrogen and oxygen atoms in total. The van der Waals surface area contributed by atoms with Crippen LogP contribution < -0.4 is 0 Å². The predicted octanol–water partition coefficient (Wildman–Crippen LogP) is 10.8. The van der Waals surface area contributed by atoms with E-state index in [4.69, 9.17) is 4.84 Å². The summed E-state index contributed by atoms with van der Waals surface area (Å²) in [6, 6.07) is 21.9. The number of nitrogens with zero attached hydrogens (tertiary/aromatic N) is 1. The number of hydrogen-bond donors (Lipinski definition) is 0. The molecule has 0 aliphatic rings. The van der Waals surface area contributed by atoms with E-state index in [9.17, 15) is 0 Å². The summed E-state index contributed by atoms with van der Waals surface area (Å²) in [7, 11) is 0. The molecule has 2 atom stereocenters. The minimum atomic E-state index is -0.141. The fraction of sp³-hybridized carbons (Fsp3) is 0.543. The van der Waals surface area contributed by atoms with Crippen LogP contribution in [0.1, 0.15) is 122 Å². The van der Waals surface area contributed by atoms with Gasteiger partial charge in [0, 0.05) is 5.54 Å². The van der Waals surface area contributed by atoms with Crippen molar-refractivity contribution in [3.05, 3.63) is 97.1 Å². The van der Waals surface area contributed by atoms with Gasteiger partial charge in [0.05, 0.1) is 6.04 Å².